The fourth-order valence-corrected chi connectivity index (χ4v) is 3.80. The molecule has 4 rings (SSSR count). The number of tetrazole rings is 1. The maximum atomic E-state index is 6.03. The highest BCUT2D eigenvalue weighted by molar-refractivity contribution is 7.98. The van der Waals surface area contributed by atoms with Crippen LogP contribution >= 0.6 is 23.4 Å². The fourth-order valence-electron chi connectivity index (χ4n) is 2.61. The predicted molar refractivity (Wildman–Crippen MR) is 107 cm³/mol. The largest absolute Gasteiger partial charge is 0.226 e. The van der Waals surface area contributed by atoms with Gasteiger partial charge in [-0.15, -0.1) is 22.0 Å². The van der Waals surface area contributed by atoms with Gasteiger partial charge in [-0.2, -0.15) is 9.90 Å². The Morgan fingerprint density at radius 1 is 1.04 bits per heavy atom. The van der Waals surface area contributed by atoms with Crippen molar-refractivity contribution in [1.82, 2.24) is 30.0 Å². The minimum Gasteiger partial charge on any atom is -0.226 e. The molecule has 0 N–H and O–H groups in total. The average Bonchev–Trinajstić information content (AvgIpc) is 3.34. The summed E-state index contributed by atoms with van der Waals surface area (Å²) in [7, 11) is 0. The smallest absolute Gasteiger partial charge is 0.209 e. The van der Waals surface area contributed by atoms with E-state index in [9.17, 15) is 0 Å². The van der Waals surface area contributed by atoms with Crippen molar-refractivity contribution in [2.75, 3.05) is 0 Å². The fraction of sp³-hybridized carbons (Fsp3) is 0.158. The number of halogens is 1. The maximum Gasteiger partial charge on any atom is 0.209 e. The summed E-state index contributed by atoms with van der Waals surface area (Å²) in [6.07, 6.45) is 1.79. The Hall–Kier alpha value is -2.64. The van der Waals surface area contributed by atoms with E-state index in [1.165, 1.54) is 5.56 Å². The van der Waals surface area contributed by atoms with Crippen LogP contribution < -0.4 is 0 Å². The Bertz CT molecular complexity index is 1030. The first-order chi connectivity index (χ1) is 13.2. The third-order valence-electron chi connectivity index (χ3n) is 3.99. The number of thioether (sulfide) groups is 1. The van der Waals surface area contributed by atoms with Crippen molar-refractivity contribution >= 4 is 23.4 Å². The molecule has 136 valence electrons. The lowest BCUT2D eigenvalue weighted by Crippen LogP contribution is -1.99. The van der Waals surface area contributed by atoms with Crippen molar-refractivity contribution in [3.63, 3.8) is 0 Å². The number of nitrogens with zero attached hydrogens (tertiary/aromatic N) is 6. The van der Waals surface area contributed by atoms with E-state index in [4.69, 9.17) is 11.6 Å². The van der Waals surface area contributed by atoms with Gasteiger partial charge in [0.2, 0.25) is 5.82 Å². The van der Waals surface area contributed by atoms with Crippen LogP contribution in [0.5, 0.6) is 0 Å². The van der Waals surface area contributed by atoms with E-state index in [2.05, 4.69) is 32.6 Å². The van der Waals surface area contributed by atoms with Crippen LogP contribution in [-0.2, 0) is 12.3 Å². The Balaban J connectivity index is 1.73. The summed E-state index contributed by atoms with van der Waals surface area (Å²) in [5.74, 6) is 1.39. The van der Waals surface area contributed by atoms with E-state index in [1.807, 2.05) is 54.1 Å². The van der Waals surface area contributed by atoms with Crippen LogP contribution in [0.2, 0.25) is 5.02 Å². The van der Waals surface area contributed by atoms with Crippen LogP contribution in [0, 0.1) is 0 Å². The minimum atomic E-state index is 0.577. The molecule has 0 bridgehead atoms. The molecule has 2 heterocycles. The first-order valence-corrected chi connectivity index (χ1v) is 9.90. The van der Waals surface area contributed by atoms with Crippen LogP contribution in [0.15, 0.2) is 65.8 Å². The van der Waals surface area contributed by atoms with Gasteiger partial charge in [0.25, 0.3) is 0 Å². The molecule has 0 aliphatic carbocycles. The third-order valence-corrected chi connectivity index (χ3v) is 5.39. The van der Waals surface area contributed by atoms with E-state index in [0.717, 1.165) is 22.0 Å². The molecule has 2 aromatic heterocycles. The number of rotatable bonds is 6. The monoisotopic (exact) mass is 396 g/mol. The average molecular weight is 397 g/mol. The molecule has 0 saturated carbocycles. The molecule has 0 unspecified atom stereocenters. The molecule has 6 nitrogen and oxygen atoms in total. The van der Waals surface area contributed by atoms with Crippen LogP contribution in [0.3, 0.4) is 0 Å². The number of aromatic nitrogens is 6. The molecular weight excluding hydrogens is 380 g/mol. The highest BCUT2D eigenvalue weighted by Gasteiger charge is 2.18. The van der Waals surface area contributed by atoms with Gasteiger partial charge in [0.05, 0.1) is 24.0 Å². The van der Waals surface area contributed by atoms with Gasteiger partial charge in [-0.25, -0.2) is 4.68 Å². The number of benzene rings is 2. The van der Waals surface area contributed by atoms with Crippen molar-refractivity contribution in [1.29, 1.82) is 0 Å². The summed E-state index contributed by atoms with van der Waals surface area (Å²) in [6, 6.07) is 17.9. The van der Waals surface area contributed by atoms with E-state index in [1.54, 1.807) is 22.8 Å². The van der Waals surface area contributed by atoms with Gasteiger partial charge >= 0.3 is 0 Å². The number of aryl methyl sites for hydroxylation is 1. The molecule has 8 heteroatoms. The highest BCUT2D eigenvalue weighted by Crippen LogP contribution is 2.33. The molecule has 0 spiro atoms. The van der Waals surface area contributed by atoms with Gasteiger partial charge in [0.15, 0.2) is 0 Å². The second-order valence-electron chi connectivity index (χ2n) is 5.83. The van der Waals surface area contributed by atoms with Crippen LogP contribution in [0.25, 0.3) is 17.1 Å². The van der Waals surface area contributed by atoms with Gasteiger partial charge < -0.3 is 0 Å². The quantitative estimate of drug-likeness (QED) is 0.449. The molecule has 0 atom stereocenters. The van der Waals surface area contributed by atoms with Gasteiger partial charge in [0.1, 0.15) is 5.03 Å². The first-order valence-electron chi connectivity index (χ1n) is 8.53. The zero-order valence-corrected chi connectivity index (χ0v) is 16.2. The summed E-state index contributed by atoms with van der Waals surface area (Å²) in [6.45, 7) is 2.65. The lowest BCUT2D eigenvalue weighted by atomic mass is 10.2. The van der Waals surface area contributed by atoms with Gasteiger partial charge in [-0.05, 0) is 42.0 Å². The Kier molecular flexibility index (Phi) is 5.22. The molecule has 0 radical (unpaired) electrons. The molecule has 0 amide bonds. The third kappa shape index (κ3) is 3.89. The van der Waals surface area contributed by atoms with Crippen LogP contribution in [-0.4, -0.2) is 30.0 Å². The second-order valence-corrected chi connectivity index (χ2v) is 7.23. The van der Waals surface area contributed by atoms with E-state index < -0.39 is 0 Å². The summed E-state index contributed by atoms with van der Waals surface area (Å²) < 4.78 is 1.89. The Morgan fingerprint density at radius 3 is 2.52 bits per heavy atom. The lowest BCUT2D eigenvalue weighted by Gasteiger charge is -2.09. The van der Waals surface area contributed by atoms with E-state index in [-0.39, 0.29) is 0 Å². The number of hydrogen-bond donors (Lipinski definition) is 0. The Morgan fingerprint density at radius 2 is 1.81 bits per heavy atom. The normalized spacial score (nSPS) is 11.0. The van der Waals surface area contributed by atoms with E-state index in [0.29, 0.717) is 17.4 Å². The Labute approximate surface area is 166 Å². The summed E-state index contributed by atoms with van der Waals surface area (Å²) >= 11 is 7.73. The molecule has 0 saturated heterocycles. The SMILES string of the molecule is CCn1nnc(-c2cnn(-c3ccc(Cl)cc3)c2SCc2ccccc2)n1. The van der Waals surface area contributed by atoms with Crippen molar-refractivity contribution in [3.05, 3.63) is 71.4 Å². The van der Waals surface area contributed by atoms with Crippen molar-refractivity contribution in [3.8, 4) is 17.1 Å². The highest BCUT2D eigenvalue weighted by atomic mass is 35.5. The van der Waals surface area contributed by atoms with E-state index >= 15 is 0 Å². The molecule has 27 heavy (non-hydrogen) atoms. The minimum absolute atomic E-state index is 0.577. The molecular formula is C19H17ClN6S. The van der Waals surface area contributed by atoms with Gasteiger partial charge in [-0.3, -0.25) is 0 Å². The second kappa shape index (κ2) is 7.94. The van der Waals surface area contributed by atoms with Gasteiger partial charge in [-0.1, -0.05) is 41.9 Å². The molecule has 0 aliphatic rings. The summed E-state index contributed by atoms with van der Waals surface area (Å²) in [5.41, 5.74) is 3.04. The van der Waals surface area contributed by atoms with Crippen LogP contribution in [0.1, 0.15) is 12.5 Å². The maximum absolute atomic E-state index is 6.03. The first kappa shape index (κ1) is 17.8. The lowest BCUT2D eigenvalue weighted by molar-refractivity contribution is 0.552. The molecule has 0 aliphatic heterocycles. The van der Waals surface area contributed by atoms with Gasteiger partial charge in [0, 0.05) is 10.8 Å². The summed E-state index contributed by atoms with van der Waals surface area (Å²) in [5, 5.41) is 18.9. The number of hydrogen-bond acceptors (Lipinski definition) is 5. The molecule has 4 aromatic rings. The topological polar surface area (TPSA) is 61.4 Å². The zero-order chi connectivity index (χ0) is 18.6. The molecule has 0 fully saturated rings. The van der Waals surface area contributed by atoms with Crippen molar-refractivity contribution in [2.45, 2.75) is 24.2 Å². The summed E-state index contributed by atoms with van der Waals surface area (Å²) in [4.78, 5) is 1.57. The van der Waals surface area contributed by atoms with Crippen molar-refractivity contribution in [2.24, 2.45) is 0 Å². The van der Waals surface area contributed by atoms with Crippen LogP contribution in [0.4, 0.5) is 0 Å². The zero-order valence-electron chi connectivity index (χ0n) is 14.7. The standard InChI is InChI=1S/C19H17ClN6S/c1-2-25-23-18(22-24-25)17-12-21-26(16-10-8-15(20)9-11-16)19(17)27-13-14-6-4-3-5-7-14/h3-12H,2,13H2,1H3. The predicted octanol–water partition coefficient (Wildman–Crippen LogP) is 4.49. The molecule has 2 aromatic carbocycles. The van der Waals surface area contributed by atoms with Crippen molar-refractivity contribution < 1.29 is 0 Å².